The molecule has 0 N–H and O–H groups in total. The molecule has 148 valence electrons. The summed E-state index contributed by atoms with van der Waals surface area (Å²) in [5.41, 5.74) is 3.86. The average Bonchev–Trinajstić information content (AvgIpc) is 2.74. The molecule has 2 amide bonds. The van der Waals surface area contributed by atoms with E-state index in [-0.39, 0.29) is 18.2 Å². The zero-order valence-electron chi connectivity index (χ0n) is 16.9. The van der Waals surface area contributed by atoms with Crippen LogP contribution in [-0.4, -0.2) is 18.4 Å². The first-order chi connectivity index (χ1) is 14.0. The minimum absolute atomic E-state index is 0.0154. The fourth-order valence-corrected chi connectivity index (χ4v) is 3.23. The smallest absolute Gasteiger partial charge is 0.229 e. The quantitative estimate of drug-likeness (QED) is 0.575. The molecule has 0 bridgehead atoms. The predicted molar refractivity (Wildman–Crippen MR) is 118 cm³/mol. The first-order valence-electron chi connectivity index (χ1n) is 9.78. The number of para-hydroxylation sites is 1. The monoisotopic (exact) mass is 386 g/mol. The molecule has 0 fully saturated rings. The second-order valence-corrected chi connectivity index (χ2v) is 7.06. The van der Waals surface area contributed by atoms with Gasteiger partial charge in [0.25, 0.3) is 0 Å². The van der Waals surface area contributed by atoms with Crippen LogP contribution >= 0.6 is 0 Å². The molecule has 0 spiro atoms. The van der Waals surface area contributed by atoms with Gasteiger partial charge < -0.3 is 9.80 Å². The second kappa shape index (κ2) is 9.69. The number of anilines is 2. The number of carbonyl (C=O) groups excluding carboxylic acids is 2. The fraction of sp³-hybridized carbons (Fsp3) is 0.200. The van der Waals surface area contributed by atoms with E-state index < -0.39 is 0 Å². The molecular formula is C25H26N2O2. The van der Waals surface area contributed by atoms with E-state index in [9.17, 15) is 9.59 Å². The van der Waals surface area contributed by atoms with Crippen LogP contribution in [0.5, 0.6) is 0 Å². The van der Waals surface area contributed by atoms with E-state index in [2.05, 4.69) is 0 Å². The maximum absolute atomic E-state index is 13.1. The van der Waals surface area contributed by atoms with Gasteiger partial charge in [-0.15, -0.1) is 0 Å². The van der Waals surface area contributed by atoms with Crippen LogP contribution < -0.4 is 9.80 Å². The molecule has 4 heteroatoms. The van der Waals surface area contributed by atoms with Gasteiger partial charge in [0.05, 0.1) is 6.54 Å². The summed E-state index contributed by atoms with van der Waals surface area (Å²) in [6, 6.07) is 27.4. The Kier molecular flexibility index (Phi) is 6.80. The summed E-state index contributed by atoms with van der Waals surface area (Å²) in [5.74, 6) is -0.0885. The maximum Gasteiger partial charge on any atom is 0.229 e. The molecule has 4 nitrogen and oxygen atoms in total. The van der Waals surface area contributed by atoms with Gasteiger partial charge in [-0.3, -0.25) is 9.59 Å². The van der Waals surface area contributed by atoms with Crippen LogP contribution in [0.15, 0.2) is 84.9 Å². The molecule has 0 radical (unpaired) electrons. The highest BCUT2D eigenvalue weighted by Gasteiger charge is 2.19. The molecule has 0 aliphatic carbocycles. The van der Waals surface area contributed by atoms with Crippen molar-refractivity contribution in [1.29, 1.82) is 0 Å². The van der Waals surface area contributed by atoms with Crippen LogP contribution in [-0.2, 0) is 16.1 Å². The van der Waals surface area contributed by atoms with Gasteiger partial charge in [-0.1, -0.05) is 66.2 Å². The van der Waals surface area contributed by atoms with E-state index in [1.54, 1.807) is 9.80 Å². The van der Waals surface area contributed by atoms with Crippen LogP contribution in [0.25, 0.3) is 0 Å². The van der Waals surface area contributed by atoms with Crippen molar-refractivity contribution in [1.82, 2.24) is 0 Å². The van der Waals surface area contributed by atoms with Crippen LogP contribution in [0.1, 0.15) is 24.5 Å². The van der Waals surface area contributed by atoms with E-state index in [0.717, 1.165) is 22.5 Å². The lowest BCUT2D eigenvalue weighted by Crippen LogP contribution is -2.36. The Morgan fingerprint density at radius 3 is 1.86 bits per heavy atom. The van der Waals surface area contributed by atoms with Crippen LogP contribution in [0, 0.1) is 6.92 Å². The molecule has 0 saturated heterocycles. The summed E-state index contributed by atoms with van der Waals surface area (Å²) in [5, 5.41) is 0. The third-order valence-corrected chi connectivity index (χ3v) is 4.83. The molecular weight excluding hydrogens is 360 g/mol. The van der Waals surface area contributed by atoms with E-state index in [0.29, 0.717) is 13.1 Å². The lowest BCUT2D eigenvalue weighted by molar-refractivity contribution is -0.118. The van der Waals surface area contributed by atoms with Gasteiger partial charge in [-0.25, -0.2) is 0 Å². The summed E-state index contributed by atoms with van der Waals surface area (Å²) >= 11 is 0. The minimum Gasteiger partial charge on any atom is -0.312 e. The molecule has 3 aromatic rings. The standard InChI is InChI=1S/C25H26N2O2/c1-20-13-15-24(16-14-20)26(21(2)28)18-17-25(29)27(23-11-7-4-8-12-23)19-22-9-5-3-6-10-22/h3-16H,17-19H2,1-2H3. The van der Waals surface area contributed by atoms with Gasteiger partial charge in [0.2, 0.25) is 11.8 Å². The first-order valence-corrected chi connectivity index (χ1v) is 9.78. The van der Waals surface area contributed by atoms with Gasteiger partial charge >= 0.3 is 0 Å². The largest absolute Gasteiger partial charge is 0.312 e. The van der Waals surface area contributed by atoms with Gasteiger partial charge in [-0.05, 0) is 36.8 Å². The summed E-state index contributed by atoms with van der Waals surface area (Å²) in [6.07, 6.45) is 0.245. The third-order valence-electron chi connectivity index (χ3n) is 4.83. The molecule has 0 saturated carbocycles. The molecule has 29 heavy (non-hydrogen) atoms. The van der Waals surface area contributed by atoms with E-state index in [4.69, 9.17) is 0 Å². The van der Waals surface area contributed by atoms with Gasteiger partial charge in [-0.2, -0.15) is 0 Å². The molecule has 3 aromatic carbocycles. The van der Waals surface area contributed by atoms with E-state index in [1.165, 1.54) is 6.92 Å². The summed E-state index contributed by atoms with van der Waals surface area (Å²) < 4.78 is 0. The number of nitrogens with zero attached hydrogens (tertiary/aromatic N) is 2. The van der Waals surface area contributed by atoms with Gasteiger partial charge in [0.1, 0.15) is 0 Å². The van der Waals surface area contributed by atoms with Crippen molar-refractivity contribution in [3.63, 3.8) is 0 Å². The lowest BCUT2D eigenvalue weighted by Gasteiger charge is -2.26. The number of hydrogen-bond acceptors (Lipinski definition) is 2. The van der Waals surface area contributed by atoms with E-state index in [1.807, 2.05) is 91.9 Å². The van der Waals surface area contributed by atoms with Crippen LogP contribution in [0.3, 0.4) is 0 Å². The predicted octanol–water partition coefficient (Wildman–Crippen LogP) is 4.97. The van der Waals surface area contributed by atoms with Crippen molar-refractivity contribution >= 4 is 23.2 Å². The minimum atomic E-state index is -0.0732. The Morgan fingerprint density at radius 1 is 0.724 bits per heavy atom. The van der Waals surface area contributed by atoms with Crippen molar-refractivity contribution < 1.29 is 9.59 Å². The number of carbonyl (C=O) groups is 2. The Morgan fingerprint density at radius 2 is 1.28 bits per heavy atom. The lowest BCUT2D eigenvalue weighted by atomic mass is 10.1. The second-order valence-electron chi connectivity index (χ2n) is 7.06. The Labute approximate surface area is 172 Å². The van der Waals surface area contributed by atoms with Crippen LogP contribution in [0.2, 0.25) is 0 Å². The SMILES string of the molecule is CC(=O)N(CCC(=O)N(Cc1ccccc1)c1ccccc1)c1ccc(C)cc1. The molecule has 0 heterocycles. The molecule has 0 aliphatic heterocycles. The fourth-order valence-electron chi connectivity index (χ4n) is 3.23. The van der Waals surface area contributed by atoms with Crippen LogP contribution in [0.4, 0.5) is 11.4 Å². The zero-order valence-corrected chi connectivity index (χ0v) is 16.9. The van der Waals surface area contributed by atoms with Crippen molar-refractivity contribution in [3.05, 3.63) is 96.1 Å². The molecule has 3 rings (SSSR count). The normalized spacial score (nSPS) is 10.4. The first kappa shape index (κ1) is 20.3. The molecule has 0 aromatic heterocycles. The highest BCUT2D eigenvalue weighted by atomic mass is 16.2. The number of amides is 2. The number of hydrogen-bond donors (Lipinski definition) is 0. The zero-order chi connectivity index (χ0) is 20.6. The Hall–Kier alpha value is -3.40. The highest BCUT2D eigenvalue weighted by molar-refractivity contribution is 5.96. The maximum atomic E-state index is 13.1. The topological polar surface area (TPSA) is 40.6 Å². The number of aryl methyl sites for hydroxylation is 1. The van der Waals surface area contributed by atoms with Crippen molar-refractivity contribution in [3.8, 4) is 0 Å². The van der Waals surface area contributed by atoms with Crippen molar-refractivity contribution in [2.24, 2.45) is 0 Å². The third kappa shape index (κ3) is 5.55. The summed E-state index contributed by atoms with van der Waals surface area (Å²) in [7, 11) is 0. The Bertz CT molecular complexity index is 938. The molecule has 0 unspecified atom stereocenters. The molecule has 0 atom stereocenters. The van der Waals surface area contributed by atoms with Crippen molar-refractivity contribution in [2.75, 3.05) is 16.3 Å². The number of rotatable bonds is 7. The average molecular weight is 386 g/mol. The van der Waals surface area contributed by atoms with E-state index >= 15 is 0 Å². The van der Waals surface area contributed by atoms with Gasteiger partial charge in [0.15, 0.2) is 0 Å². The summed E-state index contributed by atoms with van der Waals surface area (Å²) in [6.45, 7) is 4.37. The highest BCUT2D eigenvalue weighted by Crippen LogP contribution is 2.20. The number of benzene rings is 3. The van der Waals surface area contributed by atoms with Crippen molar-refractivity contribution in [2.45, 2.75) is 26.8 Å². The Balaban J connectivity index is 1.76. The van der Waals surface area contributed by atoms with Gasteiger partial charge in [0, 0.05) is 31.3 Å². The molecule has 0 aliphatic rings. The summed E-state index contributed by atoms with van der Waals surface area (Å²) in [4.78, 5) is 28.8.